The van der Waals surface area contributed by atoms with Crippen LogP contribution in [0.1, 0.15) is 51.9 Å². The molecule has 3 heteroatoms. The molecule has 1 fully saturated rings. The van der Waals surface area contributed by atoms with Gasteiger partial charge in [0.2, 0.25) is 0 Å². The summed E-state index contributed by atoms with van der Waals surface area (Å²) >= 11 is 1.88. The number of hydrogen-bond donors (Lipinski definition) is 2. The molecule has 102 valence electrons. The number of rotatable bonds is 8. The maximum absolute atomic E-state index is 9.11. The van der Waals surface area contributed by atoms with E-state index in [4.69, 9.17) is 5.11 Å². The minimum absolute atomic E-state index is 0.305. The van der Waals surface area contributed by atoms with E-state index in [0.717, 1.165) is 18.1 Å². The van der Waals surface area contributed by atoms with Gasteiger partial charge < -0.3 is 10.4 Å². The summed E-state index contributed by atoms with van der Waals surface area (Å²) < 4.78 is 0. The van der Waals surface area contributed by atoms with Crippen molar-refractivity contribution >= 4 is 11.8 Å². The first-order valence-corrected chi connectivity index (χ1v) is 8.57. The molecule has 0 aromatic carbocycles. The molecule has 1 rings (SSSR count). The topological polar surface area (TPSA) is 32.3 Å². The largest absolute Gasteiger partial charge is 0.396 e. The van der Waals surface area contributed by atoms with Gasteiger partial charge in [-0.1, -0.05) is 26.2 Å². The molecule has 2 N–H and O–H groups in total. The van der Waals surface area contributed by atoms with Crippen LogP contribution in [0, 0.1) is 5.92 Å². The Bertz CT molecular complexity index is 177. The first-order valence-electron chi connectivity index (χ1n) is 7.17. The van der Waals surface area contributed by atoms with Crippen LogP contribution in [0.4, 0.5) is 0 Å². The number of aliphatic hydroxyl groups excluding tert-OH is 1. The highest BCUT2D eigenvalue weighted by Crippen LogP contribution is 2.28. The monoisotopic (exact) mass is 259 g/mol. The summed E-state index contributed by atoms with van der Waals surface area (Å²) in [6.07, 6.45) is 11.3. The van der Waals surface area contributed by atoms with Crippen LogP contribution in [0.15, 0.2) is 0 Å². The minimum atomic E-state index is 0.305. The molecule has 1 aliphatic rings. The zero-order chi connectivity index (χ0) is 12.5. The van der Waals surface area contributed by atoms with Crippen LogP contribution in [0.2, 0.25) is 0 Å². The summed E-state index contributed by atoms with van der Waals surface area (Å²) in [6, 6.07) is 1.15. The third kappa shape index (κ3) is 5.62. The fourth-order valence-corrected chi connectivity index (χ4v) is 3.66. The van der Waals surface area contributed by atoms with Crippen LogP contribution in [0.25, 0.3) is 0 Å². The molecule has 2 atom stereocenters. The fraction of sp³-hybridized carbons (Fsp3) is 1.00. The minimum Gasteiger partial charge on any atom is -0.396 e. The fourth-order valence-electron chi connectivity index (χ4n) is 3.00. The quantitative estimate of drug-likeness (QED) is 0.703. The second kappa shape index (κ2) is 9.23. The van der Waals surface area contributed by atoms with E-state index in [0.29, 0.717) is 18.7 Å². The van der Waals surface area contributed by atoms with Gasteiger partial charge in [-0.15, -0.1) is 0 Å². The second-order valence-corrected chi connectivity index (χ2v) is 6.15. The molecular weight excluding hydrogens is 230 g/mol. The van der Waals surface area contributed by atoms with E-state index >= 15 is 0 Å². The molecule has 0 spiro atoms. The maximum Gasteiger partial charge on any atom is 0.0446 e. The van der Waals surface area contributed by atoms with Gasteiger partial charge in [-0.3, -0.25) is 0 Å². The molecular formula is C14H29NOS. The summed E-state index contributed by atoms with van der Waals surface area (Å²) in [7, 11) is 0. The van der Waals surface area contributed by atoms with Crippen LogP contribution in [0.3, 0.4) is 0 Å². The van der Waals surface area contributed by atoms with Crippen molar-refractivity contribution in [1.29, 1.82) is 0 Å². The lowest BCUT2D eigenvalue weighted by Gasteiger charge is -2.33. The predicted molar refractivity (Wildman–Crippen MR) is 77.7 cm³/mol. The zero-order valence-electron chi connectivity index (χ0n) is 11.5. The van der Waals surface area contributed by atoms with E-state index in [9.17, 15) is 0 Å². The Balaban J connectivity index is 2.41. The number of aliphatic hydroxyl groups is 1. The molecule has 17 heavy (non-hydrogen) atoms. The van der Waals surface area contributed by atoms with Crippen molar-refractivity contribution in [3.05, 3.63) is 0 Å². The Morgan fingerprint density at radius 2 is 2.00 bits per heavy atom. The van der Waals surface area contributed by atoms with E-state index in [-0.39, 0.29) is 0 Å². The van der Waals surface area contributed by atoms with Crippen molar-refractivity contribution < 1.29 is 5.11 Å². The lowest BCUT2D eigenvalue weighted by molar-refractivity contribution is 0.224. The average molecular weight is 259 g/mol. The predicted octanol–water partition coefficient (Wildman–Crippen LogP) is 3.05. The smallest absolute Gasteiger partial charge is 0.0446 e. The molecule has 0 saturated heterocycles. The van der Waals surface area contributed by atoms with E-state index in [2.05, 4.69) is 18.5 Å². The van der Waals surface area contributed by atoms with Gasteiger partial charge in [-0.25, -0.2) is 0 Å². The Kier molecular flexibility index (Phi) is 8.33. The van der Waals surface area contributed by atoms with Gasteiger partial charge in [-0.2, -0.15) is 11.8 Å². The van der Waals surface area contributed by atoms with Crippen molar-refractivity contribution in [2.45, 2.75) is 64.0 Å². The molecule has 0 aromatic rings. The number of hydrogen-bond acceptors (Lipinski definition) is 3. The van der Waals surface area contributed by atoms with E-state index in [1.54, 1.807) is 0 Å². The van der Waals surface area contributed by atoms with Gasteiger partial charge in [0.15, 0.2) is 0 Å². The average Bonchev–Trinajstić information content (AvgIpc) is 2.37. The van der Waals surface area contributed by atoms with Crippen LogP contribution in [0.5, 0.6) is 0 Å². The van der Waals surface area contributed by atoms with E-state index in [1.165, 1.54) is 38.5 Å². The summed E-state index contributed by atoms with van der Waals surface area (Å²) in [4.78, 5) is 0. The molecule has 1 aliphatic carbocycles. The standard InChI is InChI=1S/C14H29NOS/c1-3-14(12-7-5-4-6-8-12)15-13(9-10-16)11-17-2/h12-16H,3-11H2,1-2H3. The van der Waals surface area contributed by atoms with Crippen molar-refractivity contribution in [2.75, 3.05) is 18.6 Å². The van der Waals surface area contributed by atoms with Crippen molar-refractivity contribution in [3.8, 4) is 0 Å². The second-order valence-electron chi connectivity index (χ2n) is 5.24. The zero-order valence-corrected chi connectivity index (χ0v) is 12.3. The summed E-state index contributed by atoms with van der Waals surface area (Å²) in [5, 5.41) is 12.9. The molecule has 2 unspecified atom stereocenters. The van der Waals surface area contributed by atoms with Gasteiger partial charge in [-0.05, 0) is 37.9 Å². The molecule has 0 heterocycles. The highest BCUT2D eigenvalue weighted by Gasteiger charge is 2.24. The van der Waals surface area contributed by atoms with Gasteiger partial charge in [0.25, 0.3) is 0 Å². The van der Waals surface area contributed by atoms with Gasteiger partial charge in [0.1, 0.15) is 0 Å². The van der Waals surface area contributed by atoms with Crippen molar-refractivity contribution in [3.63, 3.8) is 0 Å². The highest BCUT2D eigenvalue weighted by molar-refractivity contribution is 7.98. The first-order chi connectivity index (χ1) is 8.31. The van der Waals surface area contributed by atoms with Gasteiger partial charge in [0, 0.05) is 24.4 Å². The molecule has 0 aromatic heterocycles. The van der Waals surface area contributed by atoms with Crippen LogP contribution in [-0.2, 0) is 0 Å². The third-order valence-corrected chi connectivity index (χ3v) is 4.69. The Morgan fingerprint density at radius 3 is 2.53 bits per heavy atom. The Morgan fingerprint density at radius 1 is 1.29 bits per heavy atom. The molecule has 0 amide bonds. The van der Waals surface area contributed by atoms with Crippen LogP contribution >= 0.6 is 11.8 Å². The number of thioether (sulfide) groups is 1. The SMILES string of the molecule is CCC(NC(CCO)CSC)C1CCCCC1. The Labute approximate surface area is 111 Å². The van der Waals surface area contributed by atoms with Crippen molar-refractivity contribution in [1.82, 2.24) is 5.32 Å². The summed E-state index contributed by atoms with van der Waals surface area (Å²) in [6.45, 7) is 2.60. The third-order valence-electron chi connectivity index (χ3n) is 3.95. The molecule has 0 aliphatic heterocycles. The van der Waals surface area contributed by atoms with Crippen molar-refractivity contribution in [2.24, 2.45) is 5.92 Å². The highest BCUT2D eigenvalue weighted by atomic mass is 32.2. The van der Waals surface area contributed by atoms with E-state index < -0.39 is 0 Å². The molecule has 0 bridgehead atoms. The summed E-state index contributed by atoms with van der Waals surface area (Å²) in [5.74, 6) is 1.99. The molecule has 1 saturated carbocycles. The van der Waals surface area contributed by atoms with Crippen LogP contribution in [-0.4, -0.2) is 35.8 Å². The van der Waals surface area contributed by atoms with Gasteiger partial charge >= 0.3 is 0 Å². The number of nitrogens with one attached hydrogen (secondary N) is 1. The van der Waals surface area contributed by atoms with Gasteiger partial charge in [0.05, 0.1) is 0 Å². The van der Waals surface area contributed by atoms with Crippen LogP contribution < -0.4 is 5.32 Å². The summed E-state index contributed by atoms with van der Waals surface area (Å²) in [5.41, 5.74) is 0. The molecule has 0 radical (unpaired) electrons. The lowest BCUT2D eigenvalue weighted by Crippen LogP contribution is -2.44. The molecule has 2 nitrogen and oxygen atoms in total. The normalized spacial score (nSPS) is 21.4. The van der Waals surface area contributed by atoms with E-state index in [1.807, 2.05) is 11.8 Å². The maximum atomic E-state index is 9.11. The Hall–Kier alpha value is 0.270. The first kappa shape index (κ1) is 15.3. The lowest BCUT2D eigenvalue weighted by atomic mass is 9.82.